The summed E-state index contributed by atoms with van der Waals surface area (Å²) in [5, 5.41) is 0. The standard InChI is InChI=1S/C5H10N2O/c6-1-2-7-3-5(8)4-7/h1-4,6H2. The summed E-state index contributed by atoms with van der Waals surface area (Å²) in [6, 6.07) is 0. The molecule has 0 spiro atoms. The summed E-state index contributed by atoms with van der Waals surface area (Å²) in [7, 11) is 0. The fraction of sp³-hybridized carbons (Fsp3) is 0.800. The van der Waals surface area contributed by atoms with Crippen LogP contribution < -0.4 is 5.73 Å². The number of likely N-dealkylation sites (tertiary alicyclic amines) is 1. The highest BCUT2D eigenvalue weighted by Gasteiger charge is 2.21. The number of hydrogen-bond donors (Lipinski definition) is 1. The molecule has 0 aliphatic carbocycles. The van der Waals surface area contributed by atoms with Gasteiger partial charge in [-0.05, 0) is 0 Å². The van der Waals surface area contributed by atoms with E-state index in [1.54, 1.807) is 0 Å². The minimum Gasteiger partial charge on any atom is -0.329 e. The van der Waals surface area contributed by atoms with E-state index in [4.69, 9.17) is 5.73 Å². The average Bonchev–Trinajstić information content (AvgIpc) is 1.64. The molecule has 3 heteroatoms. The zero-order chi connectivity index (χ0) is 5.98. The van der Waals surface area contributed by atoms with E-state index in [0.29, 0.717) is 25.4 Å². The number of rotatable bonds is 2. The number of hydrogen-bond acceptors (Lipinski definition) is 3. The van der Waals surface area contributed by atoms with Crippen molar-refractivity contribution in [2.75, 3.05) is 26.2 Å². The minimum atomic E-state index is 0.332. The highest BCUT2D eigenvalue weighted by molar-refractivity contribution is 5.87. The van der Waals surface area contributed by atoms with Gasteiger partial charge in [0.25, 0.3) is 0 Å². The highest BCUT2D eigenvalue weighted by atomic mass is 16.1. The van der Waals surface area contributed by atoms with Gasteiger partial charge in [0.1, 0.15) is 0 Å². The molecule has 0 aromatic heterocycles. The molecule has 1 rings (SSSR count). The van der Waals surface area contributed by atoms with Gasteiger partial charge in [0.05, 0.1) is 13.1 Å². The molecular weight excluding hydrogens is 104 g/mol. The van der Waals surface area contributed by atoms with Crippen LogP contribution in [0.25, 0.3) is 0 Å². The number of nitrogens with two attached hydrogens (primary N) is 1. The van der Waals surface area contributed by atoms with Gasteiger partial charge in [-0.15, -0.1) is 0 Å². The van der Waals surface area contributed by atoms with E-state index in [-0.39, 0.29) is 0 Å². The zero-order valence-corrected chi connectivity index (χ0v) is 4.76. The third-order valence-corrected chi connectivity index (χ3v) is 1.25. The van der Waals surface area contributed by atoms with Crippen LogP contribution in [0, 0.1) is 0 Å². The molecule has 8 heavy (non-hydrogen) atoms. The first-order valence-corrected chi connectivity index (χ1v) is 2.77. The summed E-state index contributed by atoms with van der Waals surface area (Å²) >= 11 is 0. The Kier molecular flexibility index (Phi) is 1.60. The van der Waals surface area contributed by atoms with Crippen molar-refractivity contribution < 1.29 is 4.79 Å². The Hall–Kier alpha value is -0.410. The zero-order valence-electron chi connectivity index (χ0n) is 4.76. The number of nitrogens with zero attached hydrogens (tertiary/aromatic N) is 1. The smallest absolute Gasteiger partial charge is 0.160 e. The quantitative estimate of drug-likeness (QED) is 0.492. The van der Waals surface area contributed by atoms with Crippen LogP contribution in [0.3, 0.4) is 0 Å². The fourth-order valence-corrected chi connectivity index (χ4v) is 0.793. The molecule has 0 bridgehead atoms. The Morgan fingerprint density at radius 1 is 1.62 bits per heavy atom. The largest absolute Gasteiger partial charge is 0.329 e. The molecule has 0 saturated carbocycles. The lowest BCUT2D eigenvalue weighted by atomic mass is 10.2. The Labute approximate surface area is 48.5 Å². The second kappa shape index (κ2) is 2.24. The second-order valence-corrected chi connectivity index (χ2v) is 2.04. The predicted molar refractivity (Wildman–Crippen MR) is 30.5 cm³/mol. The molecule has 46 valence electrons. The van der Waals surface area contributed by atoms with Crippen molar-refractivity contribution >= 4 is 5.78 Å². The summed E-state index contributed by atoms with van der Waals surface area (Å²) in [6.07, 6.45) is 0. The van der Waals surface area contributed by atoms with Crippen LogP contribution >= 0.6 is 0 Å². The summed E-state index contributed by atoms with van der Waals surface area (Å²) in [6.45, 7) is 2.77. The van der Waals surface area contributed by atoms with Gasteiger partial charge in [0, 0.05) is 13.1 Å². The number of ketones is 1. The molecular formula is C5H10N2O. The molecule has 0 radical (unpaired) electrons. The van der Waals surface area contributed by atoms with Gasteiger partial charge in [-0.1, -0.05) is 0 Å². The first-order valence-electron chi connectivity index (χ1n) is 2.77. The van der Waals surface area contributed by atoms with E-state index < -0.39 is 0 Å². The van der Waals surface area contributed by atoms with Crippen LogP contribution in [0.5, 0.6) is 0 Å². The molecule has 1 fully saturated rings. The van der Waals surface area contributed by atoms with E-state index >= 15 is 0 Å². The Bertz CT molecular complexity index is 94.6. The van der Waals surface area contributed by atoms with E-state index in [2.05, 4.69) is 0 Å². The SMILES string of the molecule is NCCN1CC(=O)C1. The molecule has 0 aromatic carbocycles. The van der Waals surface area contributed by atoms with E-state index in [9.17, 15) is 4.79 Å². The van der Waals surface area contributed by atoms with Gasteiger partial charge in [0.2, 0.25) is 0 Å². The van der Waals surface area contributed by atoms with Crippen molar-refractivity contribution in [3.05, 3.63) is 0 Å². The summed E-state index contributed by atoms with van der Waals surface area (Å²) in [5.41, 5.74) is 5.23. The van der Waals surface area contributed by atoms with Gasteiger partial charge < -0.3 is 5.73 Å². The highest BCUT2D eigenvalue weighted by Crippen LogP contribution is 1.98. The van der Waals surface area contributed by atoms with Crippen LogP contribution in [-0.4, -0.2) is 36.9 Å². The van der Waals surface area contributed by atoms with Gasteiger partial charge in [0.15, 0.2) is 5.78 Å². The maximum Gasteiger partial charge on any atom is 0.160 e. The molecule has 1 saturated heterocycles. The summed E-state index contributed by atoms with van der Waals surface area (Å²) in [4.78, 5) is 12.3. The summed E-state index contributed by atoms with van der Waals surface area (Å²) in [5.74, 6) is 0.332. The lowest BCUT2D eigenvalue weighted by Gasteiger charge is -2.28. The van der Waals surface area contributed by atoms with Gasteiger partial charge in [-0.3, -0.25) is 9.69 Å². The monoisotopic (exact) mass is 114 g/mol. The van der Waals surface area contributed by atoms with Crippen molar-refractivity contribution in [3.63, 3.8) is 0 Å². The normalized spacial score (nSPS) is 20.9. The van der Waals surface area contributed by atoms with E-state index in [1.165, 1.54) is 0 Å². The topological polar surface area (TPSA) is 46.3 Å². The fourth-order valence-electron chi connectivity index (χ4n) is 0.793. The third-order valence-electron chi connectivity index (χ3n) is 1.25. The van der Waals surface area contributed by atoms with Crippen LogP contribution in [0.2, 0.25) is 0 Å². The molecule has 0 unspecified atom stereocenters. The Morgan fingerprint density at radius 2 is 2.25 bits per heavy atom. The van der Waals surface area contributed by atoms with Gasteiger partial charge in [-0.25, -0.2) is 0 Å². The van der Waals surface area contributed by atoms with Crippen LogP contribution in [0.1, 0.15) is 0 Å². The van der Waals surface area contributed by atoms with Crippen LogP contribution in [0.15, 0.2) is 0 Å². The molecule has 1 aliphatic rings. The van der Waals surface area contributed by atoms with Crippen LogP contribution in [0.4, 0.5) is 0 Å². The minimum absolute atomic E-state index is 0.332. The first kappa shape index (κ1) is 5.72. The molecule has 1 heterocycles. The molecule has 3 nitrogen and oxygen atoms in total. The molecule has 0 atom stereocenters. The van der Waals surface area contributed by atoms with Crippen molar-refractivity contribution in [2.45, 2.75) is 0 Å². The molecule has 0 aromatic rings. The maximum absolute atomic E-state index is 10.3. The number of carbonyl (C=O) groups excluding carboxylic acids is 1. The van der Waals surface area contributed by atoms with E-state index in [1.807, 2.05) is 4.90 Å². The van der Waals surface area contributed by atoms with Gasteiger partial charge in [-0.2, -0.15) is 0 Å². The molecule has 2 N–H and O–H groups in total. The molecule has 1 aliphatic heterocycles. The lowest BCUT2D eigenvalue weighted by Crippen LogP contribution is -2.48. The predicted octanol–water partition coefficient (Wildman–Crippen LogP) is -1.17. The first-order chi connectivity index (χ1) is 3.83. The Morgan fingerprint density at radius 3 is 2.62 bits per heavy atom. The maximum atomic E-state index is 10.3. The Balaban J connectivity index is 2.06. The van der Waals surface area contributed by atoms with Crippen molar-refractivity contribution in [3.8, 4) is 0 Å². The number of Topliss-reactive ketones (excluding diaryl/α,β-unsaturated/α-hetero) is 1. The van der Waals surface area contributed by atoms with Crippen LogP contribution in [-0.2, 0) is 4.79 Å². The average molecular weight is 114 g/mol. The molecule has 0 amide bonds. The lowest BCUT2D eigenvalue weighted by molar-refractivity contribution is -0.128. The van der Waals surface area contributed by atoms with Crippen molar-refractivity contribution in [1.82, 2.24) is 4.90 Å². The van der Waals surface area contributed by atoms with Crippen molar-refractivity contribution in [1.29, 1.82) is 0 Å². The van der Waals surface area contributed by atoms with Crippen molar-refractivity contribution in [2.24, 2.45) is 5.73 Å². The summed E-state index contributed by atoms with van der Waals surface area (Å²) < 4.78 is 0. The third kappa shape index (κ3) is 1.05. The van der Waals surface area contributed by atoms with E-state index in [0.717, 1.165) is 6.54 Å². The second-order valence-electron chi connectivity index (χ2n) is 2.04. The van der Waals surface area contributed by atoms with Gasteiger partial charge >= 0.3 is 0 Å². The number of carbonyl (C=O) groups is 1.